The number of nitrogens with zero attached hydrogens (tertiary/aromatic N) is 2. The lowest BCUT2D eigenvalue weighted by atomic mass is 10.1. The lowest BCUT2D eigenvalue weighted by Gasteiger charge is -2.02. The number of carbonyl (C=O) groups is 1. The maximum atomic E-state index is 12.9. The predicted octanol–water partition coefficient (Wildman–Crippen LogP) is 4.20. The molecule has 0 spiro atoms. The normalized spacial score (nSPS) is 11.0. The van der Waals surface area contributed by atoms with Gasteiger partial charge in [0.15, 0.2) is 10.9 Å². The highest BCUT2D eigenvalue weighted by Crippen LogP contribution is 2.23. The van der Waals surface area contributed by atoms with Gasteiger partial charge in [0.1, 0.15) is 11.5 Å². The van der Waals surface area contributed by atoms with Gasteiger partial charge in [-0.25, -0.2) is 14.4 Å². The van der Waals surface area contributed by atoms with Crippen molar-refractivity contribution >= 4 is 33.3 Å². The second kappa shape index (κ2) is 7.05. The Bertz CT molecular complexity index is 1050. The zero-order valence-corrected chi connectivity index (χ0v) is 14.5. The van der Waals surface area contributed by atoms with Crippen molar-refractivity contribution in [3.8, 4) is 0 Å². The van der Waals surface area contributed by atoms with Gasteiger partial charge in [-0.1, -0.05) is 23.5 Å². The van der Waals surface area contributed by atoms with Crippen LogP contribution in [0.3, 0.4) is 0 Å². The zero-order chi connectivity index (χ0) is 17.9. The van der Waals surface area contributed by atoms with Gasteiger partial charge < -0.3 is 10.3 Å². The first-order chi connectivity index (χ1) is 12.7. The van der Waals surface area contributed by atoms with Gasteiger partial charge in [0.2, 0.25) is 0 Å². The lowest BCUT2D eigenvalue weighted by molar-refractivity contribution is 0.0997. The van der Waals surface area contributed by atoms with E-state index in [2.05, 4.69) is 20.3 Å². The highest BCUT2D eigenvalue weighted by Gasteiger charge is 2.14. The Kier molecular flexibility index (Phi) is 4.45. The molecule has 1 aromatic carbocycles. The van der Waals surface area contributed by atoms with Crippen LogP contribution in [0.15, 0.2) is 55.0 Å². The van der Waals surface area contributed by atoms with E-state index >= 15 is 0 Å². The molecule has 0 amide bonds. The molecule has 0 bridgehead atoms. The number of nitrogens with one attached hydrogen (secondary N) is 2. The molecular weight excluding hydrogens is 351 g/mol. The fraction of sp³-hybridized carbons (Fsp3) is 0.105. The molecule has 3 aromatic heterocycles. The smallest absolute Gasteiger partial charge is 0.183 e. The average Bonchev–Trinajstić information content (AvgIpc) is 3.29. The van der Waals surface area contributed by atoms with Gasteiger partial charge in [-0.15, -0.1) is 0 Å². The van der Waals surface area contributed by atoms with E-state index in [1.165, 1.54) is 23.5 Å². The number of hydrogen-bond donors (Lipinski definition) is 2. The summed E-state index contributed by atoms with van der Waals surface area (Å²) in [4.78, 5) is 24.7. The molecule has 0 atom stereocenters. The molecule has 0 unspecified atom stereocenters. The number of Topliss-reactive ketones (excluding diaryl/α,β-unsaturated/α-hetero) is 1. The molecule has 0 aliphatic rings. The van der Waals surface area contributed by atoms with Crippen molar-refractivity contribution in [3.05, 3.63) is 76.8 Å². The summed E-state index contributed by atoms with van der Waals surface area (Å²) in [6.07, 6.45) is 5.43. The molecule has 5 nitrogen and oxygen atoms in total. The van der Waals surface area contributed by atoms with Crippen molar-refractivity contribution in [2.45, 2.75) is 13.0 Å². The Hall–Kier alpha value is -3.06. The van der Waals surface area contributed by atoms with Gasteiger partial charge in [-0.2, -0.15) is 0 Å². The molecule has 130 valence electrons. The Labute approximate surface area is 152 Å². The van der Waals surface area contributed by atoms with Gasteiger partial charge in [0, 0.05) is 30.7 Å². The van der Waals surface area contributed by atoms with Crippen molar-refractivity contribution < 1.29 is 9.18 Å². The highest BCUT2D eigenvalue weighted by molar-refractivity contribution is 7.17. The quantitative estimate of drug-likeness (QED) is 0.502. The summed E-state index contributed by atoms with van der Waals surface area (Å²) in [6.45, 7) is 0.523. The molecular formula is C19H15FN4OS. The van der Waals surface area contributed by atoms with Gasteiger partial charge in [-0.3, -0.25) is 4.79 Å². The number of anilines is 1. The van der Waals surface area contributed by atoms with Crippen LogP contribution in [0.4, 0.5) is 9.52 Å². The van der Waals surface area contributed by atoms with Crippen LogP contribution in [-0.4, -0.2) is 20.7 Å². The molecule has 0 radical (unpaired) electrons. The van der Waals surface area contributed by atoms with Crippen molar-refractivity contribution in [1.82, 2.24) is 15.0 Å². The zero-order valence-electron chi connectivity index (χ0n) is 13.7. The van der Waals surface area contributed by atoms with Crippen molar-refractivity contribution in [3.63, 3.8) is 0 Å². The SMILES string of the molecule is O=C(Cc1c[nH]c2ncccc12)c1cnc(NCc2ccc(F)cc2)s1. The summed E-state index contributed by atoms with van der Waals surface area (Å²) in [5.74, 6) is -0.245. The highest BCUT2D eigenvalue weighted by atomic mass is 32.1. The second-order valence-corrected chi connectivity index (χ2v) is 6.85. The maximum Gasteiger partial charge on any atom is 0.183 e. The number of thiazole rings is 1. The van der Waals surface area contributed by atoms with E-state index in [-0.39, 0.29) is 11.6 Å². The summed E-state index contributed by atoms with van der Waals surface area (Å²) in [7, 11) is 0. The minimum atomic E-state index is -0.261. The molecule has 26 heavy (non-hydrogen) atoms. The first kappa shape index (κ1) is 16.4. The third-order valence-corrected chi connectivity index (χ3v) is 5.02. The van der Waals surface area contributed by atoms with Crippen LogP contribution in [0, 0.1) is 5.82 Å². The van der Waals surface area contributed by atoms with Crippen molar-refractivity contribution in [2.75, 3.05) is 5.32 Å². The first-order valence-corrected chi connectivity index (χ1v) is 8.89. The summed E-state index contributed by atoms with van der Waals surface area (Å²) < 4.78 is 12.9. The van der Waals surface area contributed by atoms with Gasteiger partial charge >= 0.3 is 0 Å². The fourth-order valence-electron chi connectivity index (χ4n) is 2.68. The molecule has 0 aliphatic carbocycles. The van der Waals surface area contributed by atoms with Crippen LogP contribution >= 0.6 is 11.3 Å². The number of rotatable bonds is 6. The minimum Gasteiger partial charge on any atom is -0.357 e. The molecule has 4 aromatic rings. The van der Waals surface area contributed by atoms with Crippen molar-refractivity contribution in [1.29, 1.82) is 0 Å². The standard InChI is InChI=1S/C19H15FN4OS/c20-14-5-3-12(4-6-14)9-23-19-24-11-17(26-19)16(25)8-13-10-22-18-15(13)2-1-7-21-18/h1-7,10-11H,8-9H2,(H,21,22)(H,23,24). The van der Waals surface area contributed by atoms with E-state index in [1.807, 2.05) is 18.3 Å². The van der Waals surface area contributed by atoms with Crippen molar-refractivity contribution in [2.24, 2.45) is 0 Å². The largest absolute Gasteiger partial charge is 0.357 e. The third kappa shape index (κ3) is 3.48. The number of benzene rings is 1. The van der Waals surface area contributed by atoms with Crippen LogP contribution in [-0.2, 0) is 13.0 Å². The van der Waals surface area contributed by atoms with Crippen LogP contribution in [0.2, 0.25) is 0 Å². The number of halogens is 1. The summed E-state index contributed by atoms with van der Waals surface area (Å²) in [5, 5.41) is 4.78. The number of fused-ring (bicyclic) bond motifs is 1. The van der Waals surface area contributed by atoms with E-state index in [4.69, 9.17) is 0 Å². The number of ketones is 1. The predicted molar refractivity (Wildman–Crippen MR) is 100.0 cm³/mol. The number of H-pyrrole nitrogens is 1. The van der Waals surface area contributed by atoms with Crippen LogP contribution in [0.5, 0.6) is 0 Å². The molecule has 3 heterocycles. The van der Waals surface area contributed by atoms with Gasteiger partial charge in [0.25, 0.3) is 0 Å². The number of carbonyl (C=O) groups excluding carboxylic acids is 1. The number of aromatic nitrogens is 3. The molecule has 0 aliphatic heterocycles. The van der Waals surface area contributed by atoms with Gasteiger partial charge in [0.05, 0.1) is 11.1 Å². The van der Waals surface area contributed by atoms with E-state index in [1.54, 1.807) is 24.5 Å². The van der Waals surface area contributed by atoms with E-state index in [0.29, 0.717) is 23.0 Å². The third-order valence-electron chi connectivity index (χ3n) is 4.03. The summed E-state index contributed by atoms with van der Waals surface area (Å²) in [5.41, 5.74) is 2.65. The number of hydrogen-bond acceptors (Lipinski definition) is 5. The molecule has 0 saturated heterocycles. The Balaban J connectivity index is 1.42. The minimum absolute atomic E-state index is 0.0158. The topological polar surface area (TPSA) is 70.7 Å². The van der Waals surface area contributed by atoms with Crippen LogP contribution < -0.4 is 5.32 Å². The Morgan fingerprint density at radius 3 is 2.88 bits per heavy atom. The fourth-order valence-corrected chi connectivity index (χ4v) is 3.43. The monoisotopic (exact) mass is 366 g/mol. The molecule has 4 rings (SSSR count). The van der Waals surface area contributed by atoms with E-state index in [0.717, 1.165) is 22.2 Å². The summed E-state index contributed by atoms with van der Waals surface area (Å²) in [6, 6.07) is 10.1. The number of aromatic amines is 1. The maximum absolute atomic E-state index is 12.9. The number of pyridine rings is 1. The Morgan fingerprint density at radius 2 is 2.04 bits per heavy atom. The molecule has 7 heteroatoms. The van der Waals surface area contributed by atoms with E-state index in [9.17, 15) is 9.18 Å². The van der Waals surface area contributed by atoms with Crippen LogP contribution in [0.25, 0.3) is 11.0 Å². The van der Waals surface area contributed by atoms with E-state index < -0.39 is 0 Å². The van der Waals surface area contributed by atoms with Gasteiger partial charge in [-0.05, 0) is 35.4 Å². The molecule has 0 saturated carbocycles. The summed E-state index contributed by atoms with van der Waals surface area (Å²) >= 11 is 1.32. The Morgan fingerprint density at radius 1 is 1.19 bits per heavy atom. The lowest BCUT2D eigenvalue weighted by Crippen LogP contribution is -2.00. The molecule has 0 fully saturated rings. The average molecular weight is 366 g/mol. The first-order valence-electron chi connectivity index (χ1n) is 8.07. The second-order valence-electron chi connectivity index (χ2n) is 5.82. The molecule has 2 N–H and O–H groups in total. The van der Waals surface area contributed by atoms with Crippen LogP contribution in [0.1, 0.15) is 20.8 Å².